The van der Waals surface area contributed by atoms with Gasteiger partial charge in [0.25, 0.3) is 0 Å². The second-order valence-electron chi connectivity index (χ2n) is 5.19. The molecule has 0 bridgehead atoms. The lowest BCUT2D eigenvalue weighted by Gasteiger charge is -2.42. The van der Waals surface area contributed by atoms with Gasteiger partial charge in [0.05, 0.1) is 24.5 Å². The van der Waals surface area contributed by atoms with Crippen molar-refractivity contribution in [1.82, 2.24) is 4.31 Å². The highest BCUT2D eigenvalue weighted by atomic mass is 32.2. The molecule has 2 unspecified atom stereocenters. The third kappa shape index (κ3) is 3.67. The molecule has 7 heteroatoms. The predicted octanol–water partition coefficient (Wildman–Crippen LogP) is 0.824. The lowest BCUT2D eigenvalue weighted by Crippen LogP contribution is -2.55. The molecule has 19 heavy (non-hydrogen) atoms. The first-order valence-electron chi connectivity index (χ1n) is 6.83. The van der Waals surface area contributed by atoms with Crippen molar-refractivity contribution >= 4 is 16.0 Å². The summed E-state index contributed by atoms with van der Waals surface area (Å²) in [5.74, 6) is -1.03. The smallest absolute Gasteiger partial charge is 0.303 e. The minimum atomic E-state index is -3.36. The van der Waals surface area contributed by atoms with Crippen molar-refractivity contribution in [3.05, 3.63) is 0 Å². The molecule has 1 aliphatic heterocycles. The van der Waals surface area contributed by atoms with Crippen LogP contribution in [0.15, 0.2) is 0 Å². The summed E-state index contributed by atoms with van der Waals surface area (Å²) >= 11 is 0. The Labute approximate surface area is 113 Å². The minimum Gasteiger partial charge on any atom is -0.481 e. The first-order valence-corrected chi connectivity index (χ1v) is 8.44. The summed E-state index contributed by atoms with van der Waals surface area (Å²) in [6, 6.07) is -0.0441. The molecule has 1 heterocycles. The van der Waals surface area contributed by atoms with E-state index in [0.717, 1.165) is 25.7 Å². The van der Waals surface area contributed by atoms with E-state index in [4.69, 9.17) is 9.84 Å². The first kappa shape index (κ1) is 14.7. The highest BCUT2D eigenvalue weighted by molar-refractivity contribution is 7.89. The summed E-state index contributed by atoms with van der Waals surface area (Å²) < 4.78 is 31.8. The second-order valence-corrected chi connectivity index (χ2v) is 7.23. The molecule has 6 nitrogen and oxygen atoms in total. The fourth-order valence-electron chi connectivity index (χ4n) is 2.93. The summed E-state index contributed by atoms with van der Waals surface area (Å²) in [6.45, 7) is 0.843. The zero-order chi connectivity index (χ0) is 13.9. The number of hydrogen-bond acceptors (Lipinski definition) is 4. The van der Waals surface area contributed by atoms with Crippen LogP contribution in [-0.4, -0.2) is 54.8 Å². The molecular weight excluding hydrogens is 270 g/mol. The molecule has 1 N–H and O–H groups in total. The Balaban J connectivity index is 1.99. The average Bonchev–Trinajstić information content (AvgIpc) is 2.37. The van der Waals surface area contributed by atoms with E-state index in [9.17, 15) is 13.2 Å². The van der Waals surface area contributed by atoms with Gasteiger partial charge in [-0.1, -0.05) is 12.8 Å². The monoisotopic (exact) mass is 291 g/mol. The van der Waals surface area contributed by atoms with Crippen molar-refractivity contribution in [3.8, 4) is 0 Å². The lowest BCUT2D eigenvalue weighted by molar-refractivity contribution is -0.137. The quantitative estimate of drug-likeness (QED) is 0.811. The van der Waals surface area contributed by atoms with Crippen molar-refractivity contribution in [2.75, 3.05) is 18.9 Å². The molecule has 2 fully saturated rings. The minimum absolute atomic E-state index is 0.0248. The number of sulfonamides is 1. The summed E-state index contributed by atoms with van der Waals surface area (Å²) in [7, 11) is -3.36. The fourth-order valence-corrected chi connectivity index (χ4v) is 4.68. The van der Waals surface area contributed by atoms with Gasteiger partial charge in [-0.25, -0.2) is 8.42 Å². The topological polar surface area (TPSA) is 83.9 Å². The molecule has 110 valence electrons. The number of nitrogens with zero attached hydrogens (tertiary/aromatic N) is 1. The van der Waals surface area contributed by atoms with Crippen molar-refractivity contribution in [2.24, 2.45) is 0 Å². The molecule has 0 aromatic rings. The van der Waals surface area contributed by atoms with E-state index >= 15 is 0 Å². The van der Waals surface area contributed by atoms with Crippen LogP contribution in [0.25, 0.3) is 0 Å². The van der Waals surface area contributed by atoms with Crippen LogP contribution in [0.1, 0.15) is 38.5 Å². The van der Waals surface area contributed by atoms with Gasteiger partial charge in [-0.3, -0.25) is 4.79 Å². The Hall–Kier alpha value is -0.660. The van der Waals surface area contributed by atoms with Crippen LogP contribution in [0.3, 0.4) is 0 Å². The first-order chi connectivity index (χ1) is 9.00. The molecule has 1 saturated heterocycles. The van der Waals surface area contributed by atoms with Gasteiger partial charge in [-0.2, -0.15) is 4.31 Å². The zero-order valence-electron chi connectivity index (χ0n) is 11.0. The Bertz CT molecular complexity index is 420. The van der Waals surface area contributed by atoms with Gasteiger partial charge in [0.15, 0.2) is 0 Å². The van der Waals surface area contributed by atoms with Gasteiger partial charge < -0.3 is 9.84 Å². The second kappa shape index (κ2) is 6.19. The van der Waals surface area contributed by atoms with Gasteiger partial charge >= 0.3 is 5.97 Å². The molecular formula is C12H21NO5S. The summed E-state index contributed by atoms with van der Waals surface area (Å²) in [5.41, 5.74) is 0. The van der Waals surface area contributed by atoms with Crippen LogP contribution >= 0.6 is 0 Å². The van der Waals surface area contributed by atoms with Gasteiger partial charge in [0, 0.05) is 13.0 Å². The SMILES string of the molecule is O=C(O)CCCS(=O)(=O)N1CCOC2CCCCC21. The zero-order valence-corrected chi connectivity index (χ0v) is 11.8. The predicted molar refractivity (Wildman–Crippen MR) is 69.4 cm³/mol. The highest BCUT2D eigenvalue weighted by Crippen LogP contribution is 2.30. The maximum Gasteiger partial charge on any atom is 0.303 e. The van der Waals surface area contributed by atoms with Crippen molar-refractivity contribution in [2.45, 2.75) is 50.7 Å². The third-order valence-electron chi connectivity index (χ3n) is 3.83. The molecule has 0 spiro atoms. The largest absolute Gasteiger partial charge is 0.481 e. The number of carbonyl (C=O) groups is 1. The Morgan fingerprint density at radius 3 is 2.79 bits per heavy atom. The number of morpholine rings is 1. The van der Waals surface area contributed by atoms with Crippen LogP contribution in [0.4, 0.5) is 0 Å². The molecule has 1 aliphatic carbocycles. The number of carboxylic acid groups (broad SMARTS) is 1. The van der Waals surface area contributed by atoms with Crippen LogP contribution in [0, 0.1) is 0 Å². The van der Waals surface area contributed by atoms with Crippen molar-refractivity contribution in [3.63, 3.8) is 0 Å². The van der Waals surface area contributed by atoms with Crippen molar-refractivity contribution < 1.29 is 23.1 Å². The third-order valence-corrected chi connectivity index (χ3v) is 5.80. The molecule has 1 saturated carbocycles. The highest BCUT2D eigenvalue weighted by Gasteiger charge is 2.39. The molecule has 2 atom stereocenters. The van der Waals surface area contributed by atoms with E-state index < -0.39 is 16.0 Å². The van der Waals surface area contributed by atoms with Crippen molar-refractivity contribution in [1.29, 1.82) is 0 Å². The molecule has 0 aromatic carbocycles. The Morgan fingerprint density at radius 1 is 1.32 bits per heavy atom. The molecule has 2 rings (SSSR count). The summed E-state index contributed by atoms with van der Waals surface area (Å²) in [5, 5.41) is 8.58. The van der Waals surface area contributed by atoms with E-state index in [2.05, 4.69) is 0 Å². The Morgan fingerprint density at radius 2 is 2.05 bits per heavy atom. The summed E-state index contributed by atoms with van der Waals surface area (Å²) in [4.78, 5) is 10.5. The van der Waals surface area contributed by atoms with E-state index in [-0.39, 0.29) is 30.7 Å². The van der Waals surface area contributed by atoms with Gasteiger partial charge in [-0.15, -0.1) is 0 Å². The Kier molecular flexibility index (Phi) is 4.81. The van der Waals surface area contributed by atoms with Gasteiger partial charge in [0.2, 0.25) is 10.0 Å². The number of carboxylic acids is 1. The number of rotatable bonds is 5. The van der Waals surface area contributed by atoms with E-state index in [1.807, 2.05) is 0 Å². The number of aliphatic carboxylic acids is 1. The van der Waals surface area contributed by atoms with Gasteiger partial charge in [0.1, 0.15) is 0 Å². The van der Waals surface area contributed by atoms with E-state index in [1.54, 1.807) is 4.31 Å². The van der Waals surface area contributed by atoms with Crippen LogP contribution < -0.4 is 0 Å². The van der Waals surface area contributed by atoms with E-state index in [1.165, 1.54) is 0 Å². The molecule has 0 aromatic heterocycles. The van der Waals surface area contributed by atoms with Gasteiger partial charge in [-0.05, 0) is 19.3 Å². The maximum absolute atomic E-state index is 12.3. The maximum atomic E-state index is 12.3. The average molecular weight is 291 g/mol. The number of ether oxygens (including phenoxy) is 1. The number of hydrogen-bond donors (Lipinski definition) is 1. The van der Waals surface area contributed by atoms with Crippen LogP contribution in [-0.2, 0) is 19.6 Å². The number of fused-ring (bicyclic) bond motifs is 1. The fraction of sp³-hybridized carbons (Fsp3) is 0.917. The standard InChI is InChI=1S/C12H21NO5S/c14-12(15)6-3-9-19(16,17)13-7-8-18-11-5-2-1-4-10(11)13/h10-11H,1-9H2,(H,14,15). The normalized spacial score (nSPS) is 28.8. The van der Waals surface area contributed by atoms with E-state index in [0.29, 0.717) is 13.2 Å². The molecule has 2 aliphatic rings. The van der Waals surface area contributed by atoms with Crippen LogP contribution in [0.2, 0.25) is 0 Å². The summed E-state index contributed by atoms with van der Waals surface area (Å²) in [6.07, 6.45) is 4.00. The molecule has 0 amide bonds. The van der Waals surface area contributed by atoms with Crippen LogP contribution in [0.5, 0.6) is 0 Å². The lowest BCUT2D eigenvalue weighted by atomic mass is 9.91. The molecule has 0 radical (unpaired) electrons.